The fourth-order valence-corrected chi connectivity index (χ4v) is 7.45. The van der Waals surface area contributed by atoms with Crippen LogP contribution in [0.15, 0.2) is 121 Å². The van der Waals surface area contributed by atoms with Crippen LogP contribution in [0.5, 0.6) is 0 Å². The van der Waals surface area contributed by atoms with E-state index in [1.807, 2.05) is 0 Å². The fraction of sp³-hybridized carbons (Fsp3) is 0. The molecule has 0 unspecified atom stereocenters. The molecule has 0 radical (unpaired) electrons. The second kappa shape index (κ2) is 14.1. The van der Waals surface area contributed by atoms with Crippen LogP contribution in [-0.4, -0.2) is 0 Å². The zero-order chi connectivity index (χ0) is 21.7. The quantitative estimate of drug-likeness (QED) is 0.139. The first-order valence-corrected chi connectivity index (χ1v) is 15.2. The Labute approximate surface area is 202 Å². The molecule has 0 aliphatic rings. The zero-order valence-electron chi connectivity index (χ0n) is 16.7. The molecule has 0 N–H and O–H groups in total. The van der Waals surface area contributed by atoms with Gasteiger partial charge in [0, 0.05) is 0 Å². The Bertz CT molecular complexity index is 825. The third-order valence-corrected chi connectivity index (χ3v) is 9.05. The van der Waals surface area contributed by atoms with Crippen molar-refractivity contribution >= 4 is 57.4 Å². The van der Waals surface area contributed by atoms with Crippen molar-refractivity contribution < 1.29 is 12.7 Å². The van der Waals surface area contributed by atoms with E-state index >= 15 is 0 Å². The summed E-state index contributed by atoms with van der Waals surface area (Å²) in [6.07, 6.45) is 4.90. The molecule has 0 heterocycles. The molecule has 0 aliphatic carbocycles. The first kappa shape index (κ1) is 24.5. The Kier molecular flexibility index (Phi) is 11.1. The number of hydrogen-bond donors (Lipinski definition) is 0. The SMILES string of the molecule is [Cl][Ni][Cl].c1ccc(P([CH-][CH-]P(c2ccccc2)c2ccccc2)c2ccccc2)cc1. The van der Waals surface area contributed by atoms with Gasteiger partial charge in [-0.25, -0.2) is 15.8 Å². The molecule has 162 valence electrons. The normalized spacial score (nSPS) is 10.7. The van der Waals surface area contributed by atoms with E-state index in [1.54, 1.807) is 0 Å². The van der Waals surface area contributed by atoms with Gasteiger partial charge in [-0.2, -0.15) is 0 Å². The van der Waals surface area contributed by atoms with Crippen LogP contribution in [0.3, 0.4) is 0 Å². The second-order valence-electron chi connectivity index (χ2n) is 6.43. The summed E-state index contributed by atoms with van der Waals surface area (Å²) < 4.78 is 0. The molecule has 5 heteroatoms. The Morgan fingerprint density at radius 3 is 0.806 bits per heavy atom. The van der Waals surface area contributed by atoms with Gasteiger partial charge < -0.3 is 12.3 Å². The van der Waals surface area contributed by atoms with Gasteiger partial charge in [-0.3, -0.25) is 0 Å². The van der Waals surface area contributed by atoms with Crippen LogP contribution in [0.2, 0.25) is 0 Å². The maximum Gasteiger partial charge on any atom is -0.0527 e. The largest absolute Gasteiger partial charge is 0.454 e. The predicted molar refractivity (Wildman–Crippen MR) is 138 cm³/mol. The van der Waals surface area contributed by atoms with Crippen LogP contribution in [0.1, 0.15) is 0 Å². The molecule has 0 fully saturated rings. The Hall–Kier alpha value is -1.19. The molecule has 0 saturated carbocycles. The minimum atomic E-state index is -0.528. The van der Waals surface area contributed by atoms with E-state index in [9.17, 15) is 0 Å². The van der Waals surface area contributed by atoms with Crippen molar-refractivity contribution in [2.45, 2.75) is 0 Å². The van der Waals surface area contributed by atoms with Crippen molar-refractivity contribution in [3.8, 4) is 0 Å². The monoisotopic (exact) mass is 524 g/mol. The number of rotatable bonds is 7. The summed E-state index contributed by atoms with van der Waals surface area (Å²) in [6.45, 7) is 0. The smallest absolute Gasteiger partial charge is 0.0527 e. The zero-order valence-corrected chi connectivity index (χ0v) is 21.0. The number of halogens is 2. The van der Waals surface area contributed by atoms with Crippen molar-refractivity contribution in [1.82, 2.24) is 0 Å². The summed E-state index contributed by atoms with van der Waals surface area (Å²) >= 11 is 0.569. The van der Waals surface area contributed by atoms with Gasteiger partial charge in [-0.15, -0.1) is 0 Å². The van der Waals surface area contributed by atoms with E-state index < -0.39 is 15.8 Å². The third-order valence-electron chi connectivity index (χ3n) is 4.50. The molecule has 0 nitrogen and oxygen atoms in total. The summed E-state index contributed by atoms with van der Waals surface area (Å²) in [5, 5.41) is 5.54. The van der Waals surface area contributed by atoms with Crippen LogP contribution in [0, 0.1) is 12.3 Å². The molecule has 0 aliphatic heterocycles. The van der Waals surface area contributed by atoms with Gasteiger partial charge in [0.05, 0.1) is 0 Å². The van der Waals surface area contributed by atoms with E-state index in [4.69, 9.17) is 20.4 Å². The fourth-order valence-electron chi connectivity index (χ4n) is 3.13. The van der Waals surface area contributed by atoms with Gasteiger partial charge in [0.15, 0.2) is 0 Å². The van der Waals surface area contributed by atoms with Gasteiger partial charge in [-0.1, -0.05) is 143 Å². The first-order chi connectivity index (χ1) is 15.3. The second-order valence-corrected chi connectivity index (χ2v) is 12.2. The van der Waals surface area contributed by atoms with Crippen molar-refractivity contribution in [3.05, 3.63) is 134 Å². The minimum Gasteiger partial charge on any atom is -0.454 e. The van der Waals surface area contributed by atoms with Crippen LogP contribution in [0.4, 0.5) is 0 Å². The van der Waals surface area contributed by atoms with E-state index in [0.717, 1.165) is 0 Å². The molecule has 0 atom stereocenters. The third kappa shape index (κ3) is 7.72. The van der Waals surface area contributed by atoms with Gasteiger partial charge in [-0.05, 0) is 0 Å². The maximum atomic E-state index is 4.70. The van der Waals surface area contributed by atoms with E-state index in [2.05, 4.69) is 134 Å². The Morgan fingerprint density at radius 1 is 0.419 bits per heavy atom. The molecule has 0 aromatic heterocycles. The molecule has 0 bridgehead atoms. The number of hydrogen-bond acceptors (Lipinski definition) is 0. The molecular weight excluding hydrogens is 504 g/mol. The summed E-state index contributed by atoms with van der Waals surface area (Å²) in [7, 11) is 8.35. The van der Waals surface area contributed by atoms with Crippen molar-refractivity contribution in [1.29, 1.82) is 0 Å². The van der Waals surface area contributed by atoms with E-state index in [1.165, 1.54) is 21.2 Å². The summed E-state index contributed by atoms with van der Waals surface area (Å²) in [4.78, 5) is 0. The van der Waals surface area contributed by atoms with Gasteiger partial charge in [0.2, 0.25) is 0 Å². The molecule has 0 spiro atoms. The summed E-state index contributed by atoms with van der Waals surface area (Å²) in [6, 6.07) is 43.4. The average molecular weight is 526 g/mol. The molecular formula is C26H22Cl2NiP2-2. The molecule has 0 amide bonds. The van der Waals surface area contributed by atoms with E-state index in [0.29, 0.717) is 12.7 Å². The van der Waals surface area contributed by atoms with Gasteiger partial charge in [0.25, 0.3) is 0 Å². The predicted octanol–water partition coefficient (Wildman–Crippen LogP) is 6.95. The molecule has 4 rings (SSSR count). The number of benzene rings is 4. The summed E-state index contributed by atoms with van der Waals surface area (Å²) in [5.74, 6) is 0. The minimum absolute atomic E-state index is 0.528. The van der Waals surface area contributed by atoms with E-state index in [-0.39, 0.29) is 0 Å². The standard InChI is InChI=1S/C26H22P2.2ClH.Ni/c1-5-13-23(14-6-1)27(24-15-7-2-8-16-24)21-22-28(25-17-9-3-10-18-25)26-19-11-4-12-20-26;;;/h1-22H;2*1H;/q-2;;;+2/p-2. The molecule has 4 aromatic rings. The maximum absolute atomic E-state index is 4.70. The molecule has 31 heavy (non-hydrogen) atoms. The molecule has 0 saturated heterocycles. The van der Waals surface area contributed by atoms with Gasteiger partial charge in [0.1, 0.15) is 0 Å². The van der Waals surface area contributed by atoms with Crippen LogP contribution < -0.4 is 21.2 Å². The van der Waals surface area contributed by atoms with Crippen LogP contribution >= 0.6 is 36.2 Å². The first-order valence-electron chi connectivity index (χ1n) is 9.63. The van der Waals surface area contributed by atoms with Crippen molar-refractivity contribution in [3.63, 3.8) is 0 Å². The molecule has 4 aromatic carbocycles. The van der Waals surface area contributed by atoms with Crippen LogP contribution in [0.25, 0.3) is 0 Å². The van der Waals surface area contributed by atoms with Gasteiger partial charge >= 0.3 is 33.0 Å². The topological polar surface area (TPSA) is 0 Å². The van der Waals surface area contributed by atoms with Crippen molar-refractivity contribution in [2.24, 2.45) is 0 Å². The Morgan fingerprint density at radius 2 is 0.613 bits per heavy atom. The van der Waals surface area contributed by atoms with Crippen LogP contribution in [-0.2, 0) is 12.7 Å². The van der Waals surface area contributed by atoms with Crippen molar-refractivity contribution in [2.75, 3.05) is 0 Å². The summed E-state index contributed by atoms with van der Waals surface area (Å²) in [5.41, 5.74) is 0. The average Bonchev–Trinajstić information content (AvgIpc) is 2.85. The Balaban J connectivity index is 0.000000858.